The largest absolute Gasteiger partial charge is 0.507 e. The number of amidine groups is 1. The number of H-pyrrole nitrogens is 1. The van der Waals surface area contributed by atoms with Gasteiger partial charge in [-0.05, 0) is 30.3 Å². The second kappa shape index (κ2) is 5.93. The molecule has 0 radical (unpaired) electrons. The minimum Gasteiger partial charge on any atom is -0.507 e. The number of phenolic OH excluding ortho intramolecular Hbond substituents is 2. The van der Waals surface area contributed by atoms with Crippen LogP contribution in [0.1, 0.15) is 5.56 Å². The number of nitrogens with two attached hydrogens (primary N) is 1. The fraction of sp³-hybridized carbons (Fsp3) is 0. The Balaban J connectivity index is 1.86. The summed E-state index contributed by atoms with van der Waals surface area (Å²) in [6.45, 7) is 0. The summed E-state index contributed by atoms with van der Waals surface area (Å²) in [5.41, 5.74) is 9.12. The summed E-state index contributed by atoms with van der Waals surface area (Å²) in [7, 11) is 0. The van der Waals surface area contributed by atoms with Crippen LogP contribution in [-0.2, 0) is 0 Å². The van der Waals surface area contributed by atoms with Crippen LogP contribution in [0.4, 0.5) is 0 Å². The van der Waals surface area contributed by atoms with E-state index in [-0.39, 0.29) is 17.3 Å². The zero-order chi connectivity index (χ0) is 18.3. The Morgan fingerprint density at radius 3 is 2.42 bits per heavy atom. The van der Waals surface area contributed by atoms with Crippen LogP contribution in [0.2, 0.25) is 0 Å². The molecule has 4 aromatic rings. The second-order valence-electron chi connectivity index (χ2n) is 5.95. The van der Waals surface area contributed by atoms with Gasteiger partial charge in [0.2, 0.25) is 0 Å². The molecule has 6 nitrogen and oxygen atoms in total. The van der Waals surface area contributed by atoms with Crippen molar-refractivity contribution in [3.63, 3.8) is 0 Å². The third-order valence-electron chi connectivity index (χ3n) is 4.28. The lowest BCUT2D eigenvalue weighted by Gasteiger charge is -2.09. The van der Waals surface area contributed by atoms with Crippen LogP contribution >= 0.6 is 0 Å². The molecule has 6 N–H and O–H groups in total. The molecule has 0 amide bonds. The van der Waals surface area contributed by atoms with E-state index in [9.17, 15) is 10.2 Å². The first-order valence-corrected chi connectivity index (χ1v) is 7.99. The van der Waals surface area contributed by atoms with Crippen molar-refractivity contribution in [1.29, 1.82) is 5.41 Å². The zero-order valence-electron chi connectivity index (χ0n) is 13.7. The van der Waals surface area contributed by atoms with E-state index in [1.54, 1.807) is 60.7 Å². The molecule has 1 aromatic heterocycles. The minimum absolute atomic E-state index is 0.0270. The van der Waals surface area contributed by atoms with Gasteiger partial charge in [-0.25, -0.2) is 4.98 Å². The molecule has 0 aliphatic heterocycles. The fourth-order valence-electron chi connectivity index (χ4n) is 2.95. The van der Waals surface area contributed by atoms with Crippen LogP contribution in [0.3, 0.4) is 0 Å². The Labute approximate surface area is 149 Å². The Morgan fingerprint density at radius 2 is 1.65 bits per heavy atom. The van der Waals surface area contributed by atoms with Crippen molar-refractivity contribution in [2.45, 2.75) is 0 Å². The number of aromatic amines is 1. The number of hydrogen-bond donors (Lipinski definition) is 5. The van der Waals surface area contributed by atoms with Gasteiger partial charge in [-0.2, -0.15) is 0 Å². The zero-order valence-corrected chi connectivity index (χ0v) is 13.7. The van der Waals surface area contributed by atoms with Crippen LogP contribution < -0.4 is 5.73 Å². The number of nitrogens with zero attached hydrogens (tertiary/aromatic N) is 1. The third-order valence-corrected chi connectivity index (χ3v) is 4.28. The molecular weight excluding hydrogens is 328 g/mol. The summed E-state index contributed by atoms with van der Waals surface area (Å²) in [6, 6.07) is 17.4. The number of nitrogens with one attached hydrogen (secondary N) is 2. The number of phenols is 2. The summed E-state index contributed by atoms with van der Waals surface area (Å²) in [6.07, 6.45) is 0. The van der Waals surface area contributed by atoms with Crippen LogP contribution in [0.15, 0.2) is 60.7 Å². The number of nitrogen functional groups attached to an aromatic ring is 1. The molecule has 0 bridgehead atoms. The topological polar surface area (TPSA) is 119 Å². The van der Waals surface area contributed by atoms with Gasteiger partial charge in [-0.3, -0.25) is 5.41 Å². The molecule has 0 aliphatic carbocycles. The number of hydrogen-bond acceptors (Lipinski definition) is 4. The predicted octanol–water partition coefficient (Wildman–Crippen LogP) is 3.59. The molecule has 0 spiro atoms. The van der Waals surface area contributed by atoms with E-state index in [0.717, 1.165) is 5.52 Å². The summed E-state index contributed by atoms with van der Waals surface area (Å²) in [4.78, 5) is 7.68. The second-order valence-corrected chi connectivity index (χ2v) is 5.95. The van der Waals surface area contributed by atoms with Crippen molar-refractivity contribution in [1.82, 2.24) is 9.97 Å². The smallest absolute Gasteiger partial charge is 0.142 e. The average molecular weight is 344 g/mol. The van der Waals surface area contributed by atoms with E-state index in [1.807, 2.05) is 0 Å². The summed E-state index contributed by atoms with van der Waals surface area (Å²) < 4.78 is 0. The SMILES string of the molecule is N=C(N)c1ccc2[nH]c(-c3cccc(-c4ccccc4O)c3O)nc2c1. The number of benzene rings is 3. The number of para-hydroxylation sites is 2. The maximum Gasteiger partial charge on any atom is 0.142 e. The standard InChI is InChI=1S/C20H16N4O2/c21-19(22)11-8-9-15-16(10-11)24-20(23-15)14-6-3-5-13(18(14)26)12-4-1-2-7-17(12)25/h1-10,25-26H,(H3,21,22)(H,23,24). The highest BCUT2D eigenvalue weighted by molar-refractivity contribution is 5.98. The molecule has 6 heteroatoms. The Hall–Kier alpha value is -3.80. The number of rotatable bonds is 3. The van der Waals surface area contributed by atoms with E-state index in [1.165, 1.54) is 0 Å². The van der Waals surface area contributed by atoms with Crippen LogP contribution in [0.25, 0.3) is 33.5 Å². The molecule has 0 unspecified atom stereocenters. The molecule has 26 heavy (non-hydrogen) atoms. The molecule has 0 saturated carbocycles. The van der Waals surface area contributed by atoms with Gasteiger partial charge >= 0.3 is 0 Å². The molecule has 0 aliphatic rings. The number of aromatic hydroxyl groups is 2. The predicted molar refractivity (Wildman–Crippen MR) is 101 cm³/mol. The first-order valence-electron chi connectivity index (χ1n) is 7.99. The van der Waals surface area contributed by atoms with Gasteiger partial charge in [-0.1, -0.05) is 30.3 Å². The minimum atomic E-state index is -0.0270. The van der Waals surface area contributed by atoms with Gasteiger partial charge in [0, 0.05) is 16.7 Å². The first kappa shape index (κ1) is 15.7. The fourth-order valence-corrected chi connectivity index (χ4v) is 2.95. The first-order chi connectivity index (χ1) is 12.5. The van der Waals surface area contributed by atoms with E-state index < -0.39 is 0 Å². The van der Waals surface area contributed by atoms with Crippen LogP contribution in [0, 0.1) is 5.41 Å². The molecule has 0 atom stereocenters. The van der Waals surface area contributed by atoms with Crippen LogP contribution in [-0.4, -0.2) is 26.0 Å². The monoisotopic (exact) mass is 344 g/mol. The molecule has 1 heterocycles. The van der Waals surface area contributed by atoms with Gasteiger partial charge in [0.1, 0.15) is 23.2 Å². The lowest BCUT2D eigenvalue weighted by atomic mass is 10.0. The van der Waals surface area contributed by atoms with Gasteiger partial charge in [0.15, 0.2) is 0 Å². The molecular formula is C20H16N4O2. The highest BCUT2D eigenvalue weighted by Gasteiger charge is 2.16. The third kappa shape index (κ3) is 2.53. The van der Waals surface area contributed by atoms with E-state index in [0.29, 0.717) is 33.6 Å². The Kier molecular flexibility index (Phi) is 3.58. The van der Waals surface area contributed by atoms with E-state index in [4.69, 9.17) is 11.1 Å². The number of aromatic nitrogens is 2. The maximum absolute atomic E-state index is 10.8. The number of imidazole rings is 1. The van der Waals surface area contributed by atoms with Crippen LogP contribution in [0.5, 0.6) is 11.5 Å². The normalized spacial score (nSPS) is 10.9. The molecule has 4 rings (SSSR count). The van der Waals surface area contributed by atoms with Crippen molar-refractivity contribution < 1.29 is 10.2 Å². The Bertz CT molecular complexity index is 1150. The Morgan fingerprint density at radius 1 is 0.923 bits per heavy atom. The van der Waals surface area contributed by atoms with Crippen molar-refractivity contribution in [3.05, 3.63) is 66.2 Å². The van der Waals surface area contributed by atoms with E-state index in [2.05, 4.69) is 9.97 Å². The summed E-state index contributed by atoms with van der Waals surface area (Å²) >= 11 is 0. The van der Waals surface area contributed by atoms with Crippen molar-refractivity contribution in [2.24, 2.45) is 5.73 Å². The quantitative estimate of drug-likeness (QED) is 0.288. The molecule has 3 aromatic carbocycles. The molecule has 128 valence electrons. The van der Waals surface area contributed by atoms with Crippen molar-refractivity contribution in [2.75, 3.05) is 0 Å². The number of fused-ring (bicyclic) bond motifs is 1. The van der Waals surface area contributed by atoms with Crippen molar-refractivity contribution in [3.8, 4) is 34.0 Å². The summed E-state index contributed by atoms with van der Waals surface area (Å²) in [5, 5.41) is 28.4. The van der Waals surface area contributed by atoms with E-state index >= 15 is 0 Å². The highest BCUT2D eigenvalue weighted by atomic mass is 16.3. The lowest BCUT2D eigenvalue weighted by molar-refractivity contribution is 0.470. The van der Waals surface area contributed by atoms with Gasteiger partial charge in [0.05, 0.1) is 16.6 Å². The highest BCUT2D eigenvalue weighted by Crippen LogP contribution is 2.40. The van der Waals surface area contributed by atoms with Crippen molar-refractivity contribution >= 4 is 16.9 Å². The summed E-state index contributed by atoms with van der Waals surface area (Å²) in [5.74, 6) is 0.590. The lowest BCUT2D eigenvalue weighted by Crippen LogP contribution is -2.10. The average Bonchev–Trinajstić information content (AvgIpc) is 3.05. The van der Waals surface area contributed by atoms with Gasteiger partial charge in [-0.15, -0.1) is 0 Å². The molecule has 0 saturated heterocycles. The van der Waals surface area contributed by atoms with Gasteiger partial charge < -0.3 is 20.9 Å². The van der Waals surface area contributed by atoms with Gasteiger partial charge in [0.25, 0.3) is 0 Å². The maximum atomic E-state index is 10.8. The molecule has 0 fully saturated rings.